The lowest BCUT2D eigenvalue weighted by molar-refractivity contribution is -0.127. The Bertz CT molecular complexity index is 959. The maximum atomic E-state index is 12.6. The van der Waals surface area contributed by atoms with Gasteiger partial charge in [0.1, 0.15) is 5.75 Å². The first-order chi connectivity index (χ1) is 15.0. The molecule has 0 radical (unpaired) electrons. The molecule has 2 aromatic rings. The fraction of sp³-hybridized carbons (Fsp3) is 0.450. The lowest BCUT2D eigenvalue weighted by Gasteiger charge is -2.16. The third-order valence-corrected chi connectivity index (χ3v) is 7.25. The predicted molar refractivity (Wildman–Crippen MR) is 119 cm³/mol. The first-order valence-electron chi connectivity index (χ1n) is 10.0. The summed E-state index contributed by atoms with van der Waals surface area (Å²) in [6.07, 6.45) is 2.26. The van der Waals surface area contributed by atoms with Crippen molar-refractivity contribution in [1.82, 2.24) is 15.1 Å². The molecule has 2 saturated heterocycles. The number of likely N-dealkylation sites (tertiary alicyclic amines) is 1. The van der Waals surface area contributed by atoms with Crippen LogP contribution in [0.3, 0.4) is 0 Å². The molecule has 2 aliphatic rings. The molecular formula is C20H23N5O4S2. The summed E-state index contributed by atoms with van der Waals surface area (Å²) in [6, 6.07) is 7.17. The largest absolute Gasteiger partial charge is 0.497 e. The van der Waals surface area contributed by atoms with Crippen molar-refractivity contribution in [3.05, 3.63) is 24.3 Å². The molecule has 9 nitrogen and oxygen atoms in total. The van der Waals surface area contributed by atoms with Gasteiger partial charge in [0.05, 0.1) is 18.8 Å². The summed E-state index contributed by atoms with van der Waals surface area (Å²) in [4.78, 5) is 40.7. The molecule has 0 saturated carbocycles. The second-order valence-electron chi connectivity index (χ2n) is 7.34. The van der Waals surface area contributed by atoms with E-state index in [1.54, 1.807) is 36.3 Å². The first kappa shape index (κ1) is 21.6. The zero-order valence-corrected chi connectivity index (χ0v) is 18.7. The molecule has 1 unspecified atom stereocenters. The van der Waals surface area contributed by atoms with Gasteiger partial charge in [-0.05, 0) is 37.1 Å². The number of methoxy groups -OCH3 is 1. The third-order valence-electron chi connectivity index (χ3n) is 5.29. The molecule has 0 aliphatic carbocycles. The summed E-state index contributed by atoms with van der Waals surface area (Å²) in [5.41, 5.74) is 0.735. The van der Waals surface area contributed by atoms with Crippen molar-refractivity contribution in [2.75, 3.05) is 42.7 Å². The van der Waals surface area contributed by atoms with E-state index < -0.39 is 5.92 Å². The van der Waals surface area contributed by atoms with Gasteiger partial charge in [-0.2, -0.15) is 0 Å². The van der Waals surface area contributed by atoms with Crippen molar-refractivity contribution in [3.8, 4) is 5.75 Å². The number of anilines is 2. The van der Waals surface area contributed by atoms with Crippen LogP contribution in [-0.2, 0) is 14.4 Å². The van der Waals surface area contributed by atoms with Crippen molar-refractivity contribution in [3.63, 3.8) is 0 Å². The molecule has 11 heteroatoms. The summed E-state index contributed by atoms with van der Waals surface area (Å²) in [6.45, 7) is 1.96. The van der Waals surface area contributed by atoms with Crippen LogP contribution in [0.25, 0.3) is 0 Å². The summed E-state index contributed by atoms with van der Waals surface area (Å²) < 4.78 is 5.77. The minimum absolute atomic E-state index is 0.0979. The maximum absolute atomic E-state index is 12.6. The molecule has 0 spiro atoms. The Labute approximate surface area is 188 Å². The lowest BCUT2D eigenvalue weighted by atomic mass is 10.1. The van der Waals surface area contributed by atoms with E-state index in [0.29, 0.717) is 27.5 Å². The Kier molecular flexibility index (Phi) is 6.71. The maximum Gasteiger partial charge on any atom is 0.233 e. The molecule has 1 N–H and O–H groups in total. The average Bonchev–Trinajstić information content (AvgIpc) is 3.53. The zero-order chi connectivity index (χ0) is 21.8. The van der Waals surface area contributed by atoms with Crippen LogP contribution in [-0.4, -0.2) is 65.3 Å². The predicted octanol–water partition coefficient (Wildman–Crippen LogP) is 2.25. The van der Waals surface area contributed by atoms with Gasteiger partial charge in [-0.1, -0.05) is 23.1 Å². The third kappa shape index (κ3) is 5.16. The van der Waals surface area contributed by atoms with E-state index >= 15 is 0 Å². The molecule has 0 bridgehead atoms. The number of carbonyl (C=O) groups excluding carboxylic acids is 3. The summed E-state index contributed by atoms with van der Waals surface area (Å²) in [5.74, 6) is 0.301. The van der Waals surface area contributed by atoms with Gasteiger partial charge < -0.3 is 19.9 Å². The highest BCUT2D eigenvalue weighted by Crippen LogP contribution is 2.29. The van der Waals surface area contributed by atoms with Crippen LogP contribution in [0, 0.1) is 5.92 Å². The number of nitrogens with one attached hydrogen (secondary N) is 1. The molecule has 2 aliphatic heterocycles. The molecule has 164 valence electrons. The number of hydrogen-bond donors (Lipinski definition) is 1. The highest BCUT2D eigenvalue weighted by atomic mass is 32.2. The molecule has 3 amide bonds. The standard InChI is InChI=1S/C20H23N5O4S2/c1-29-15-6-4-14(5-7-15)25-11-13(10-16(25)26)18(28)21-19-22-23-20(31-19)30-12-17(27)24-8-2-3-9-24/h4-7,13H,2-3,8-12H2,1H3,(H,21,22,28). The van der Waals surface area contributed by atoms with Gasteiger partial charge in [-0.25, -0.2) is 0 Å². The highest BCUT2D eigenvalue weighted by molar-refractivity contribution is 8.01. The van der Waals surface area contributed by atoms with Crippen molar-refractivity contribution in [1.29, 1.82) is 0 Å². The van der Waals surface area contributed by atoms with Crippen molar-refractivity contribution in [2.45, 2.75) is 23.6 Å². The van der Waals surface area contributed by atoms with Crippen LogP contribution in [0.4, 0.5) is 10.8 Å². The number of benzene rings is 1. The van der Waals surface area contributed by atoms with Crippen molar-refractivity contribution < 1.29 is 19.1 Å². The number of aromatic nitrogens is 2. The Hall–Kier alpha value is -2.66. The average molecular weight is 462 g/mol. The van der Waals surface area contributed by atoms with Gasteiger partial charge >= 0.3 is 0 Å². The molecule has 2 fully saturated rings. The van der Waals surface area contributed by atoms with Crippen molar-refractivity contribution in [2.24, 2.45) is 5.92 Å². The molecular weight excluding hydrogens is 438 g/mol. The zero-order valence-electron chi connectivity index (χ0n) is 17.1. The van der Waals surface area contributed by atoms with E-state index in [-0.39, 0.29) is 24.1 Å². The van der Waals surface area contributed by atoms with Gasteiger partial charge in [0.15, 0.2) is 4.34 Å². The highest BCUT2D eigenvalue weighted by Gasteiger charge is 2.35. The molecule has 4 rings (SSSR count). The molecule has 1 atom stereocenters. The van der Waals surface area contributed by atoms with Crippen LogP contribution >= 0.6 is 23.1 Å². The van der Waals surface area contributed by atoms with E-state index in [4.69, 9.17) is 4.74 Å². The van der Waals surface area contributed by atoms with E-state index in [0.717, 1.165) is 31.6 Å². The van der Waals surface area contributed by atoms with Crippen LogP contribution in [0.15, 0.2) is 28.6 Å². The number of nitrogens with zero attached hydrogens (tertiary/aromatic N) is 4. The van der Waals surface area contributed by atoms with Crippen LogP contribution in [0.1, 0.15) is 19.3 Å². The van der Waals surface area contributed by atoms with Crippen LogP contribution < -0.4 is 15.0 Å². The fourth-order valence-electron chi connectivity index (χ4n) is 3.60. The second kappa shape index (κ2) is 9.65. The smallest absolute Gasteiger partial charge is 0.233 e. The van der Waals surface area contributed by atoms with E-state index in [2.05, 4.69) is 15.5 Å². The minimum atomic E-state index is -0.466. The molecule has 3 heterocycles. The molecule has 1 aromatic carbocycles. The van der Waals surface area contributed by atoms with Crippen LogP contribution in [0.2, 0.25) is 0 Å². The number of ether oxygens (including phenoxy) is 1. The Morgan fingerprint density at radius 1 is 1.23 bits per heavy atom. The first-order valence-corrected chi connectivity index (χ1v) is 11.8. The Morgan fingerprint density at radius 3 is 2.68 bits per heavy atom. The summed E-state index contributed by atoms with van der Waals surface area (Å²) in [5, 5.41) is 11.2. The van der Waals surface area contributed by atoms with E-state index in [1.165, 1.54) is 23.1 Å². The van der Waals surface area contributed by atoms with Crippen molar-refractivity contribution >= 4 is 51.6 Å². The Balaban J connectivity index is 1.29. The van der Waals surface area contributed by atoms with E-state index in [1.807, 2.05) is 4.90 Å². The van der Waals surface area contributed by atoms with Gasteiger partial charge in [0, 0.05) is 31.7 Å². The quantitative estimate of drug-likeness (QED) is 0.498. The SMILES string of the molecule is COc1ccc(N2CC(C(=O)Nc3nnc(SCC(=O)N4CCCC4)s3)CC2=O)cc1. The number of thioether (sulfide) groups is 1. The number of hydrogen-bond acceptors (Lipinski definition) is 8. The van der Waals surface area contributed by atoms with Gasteiger partial charge in [-0.3, -0.25) is 14.4 Å². The number of rotatable bonds is 7. The van der Waals surface area contributed by atoms with Crippen LogP contribution in [0.5, 0.6) is 5.75 Å². The summed E-state index contributed by atoms with van der Waals surface area (Å²) >= 11 is 2.56. The topological polar surface area (TPSA) is 105 Å². The lowest BCUT2D eigenvalue weighted by Crippen LogP contribution is -2.29. The fourth-order valence-corrected chi connectivity index (χ4v) is 5.26. The van der Waals surface area contributed by atoms with Gasteiger partial charge in [-0.15, -0.1) is 10.2 Å². The molecule has 1 aromatic heterocycles. The number of carbonyl (C=O) groups is 3. The monoisotopic (exact) mass is 461 g/mol. The van der Waals surface area contributed by atoms with E-state index in [9.17, 15) is 14.4 Å². The summed E-state index contributed by atoms with van der Waals surface area (Å²) in [7, 11) is 1.58. The van der Waals surface area contributed by atoms with Gasteiger partial charge in [0.2, 0.25) is 22.9 Å². The number of amides is 3. The normalized spacial score (nSPS) is 18.5. The second-order valence-corrected chi connectivity index (χ2v) is 9.54. The van der Waals surface area contributed by atoms with Gasteiger partial charge in [0.25, 0.3) is 0 Å². The minimum Gasteiger partial charge on any atom is -0.497 e. The Morgan fingerprint density at radius 2 is 1.97 bits per heavy atom. The molecule has 31 heavy (non-hydrogen) atoms.